The average Bonchev–Trinajstić information content (AvgIpc) is 3.40. The molecule has 2 aliphatic heterocycles. The van der Waals surface area contributed by atoms with Gasteiger partial charge in [-0.1, -0.05) is 0 Å². The molecule has 0 radical (unpaired) electrons. The summed E-state index contributed by atoms with van der Waals surface area (Å²) >= 11 is 0. The quantitative estimate of drug-likeness (QED) is 0.162. The van der Waals surface area contributed by atoms with Gasteiger partial charge in [0.05, 0.1) is 19.3 Å². The molecule has 4 rings (SSSR count). The maximum Gasteiger partial charge on any atom is 0.472 e. The standard InChI is InChI=1S/C19H27N5O14P2/c1-9-6-24(19(28)22-17(9)26)15-4-10(25)12(36-15)7-35-40(32,33)38-11-5-16(23-3-2-14(20)21-18(23)27)37-13(11)8-34-39(29,30)31/h2-3,6,10-13,15-16,25H,4-5,7-8H2,1H3,(H,32,33)(H2,20,21,27)(H,22,26,28)(H2,29,30,31). The highest BCUT2D eigenvalue weighted by Crippen LogP contribution is 2.49. The van der Waals surface area contributed by atoms with Crippen LogP contribution in [-0.4, -0.2) is 76.5 Å². The van der Waals surface area contributed by atoms with Crippen molar-refractivity contribution in [2.24, 2.45) is 0 Å². The monoisotopic (exact) mass is 611 g/mol. The van der Waals surface area contributed by atoms with Gasteiger partial charge in [0, 0.05) is 30.8 Å². The Labute approximate surface area is 223 Å². The van der Waals surface area contributed by atoms with E-state index in [4.69, 9.17) is 34.0 Å². The molecule has 19 nitrogen and oxygen atoms in total. The van der Waals surface area contributed by atoms with Gasteiger partial charge in [0.1, 0.15) is 36.6 Å². The molecule has 7 N–H and O–H groups in total. The van der Waals surface area contributed by atoms with Crippen molar-refractivity contribution in [3.63, 3.8) is 0 Å². The van der Waals surface area contributed by atoms with Gasteiger partial charge in [-0.3, -0.25) is 32.5 Å². The molecule has 2 aromatic rings. The molecule has 2 aromatic heterocycles. The summed E-state index contributed by atoms with van der Waals surface area (Å²) in [5, 5.41) is 10.3. The Morgan fingerprint density at radius 3 is 2.40 bits per heavy atom. The van der Waals surface area contributed by atoms with Crippen LogP contribution < -0.4 is 22.7 Å². The van der Waals surface area contributed by atoms with Gasteiger partial charge < -0.3 is 35.0 Å². The molecule has 0 aliphatic carbocycles. The number of anilines is 1. The summed E-state index contributed by atoms with van der Waals surface area (Å²) in [5.41, 5.74) is 3.51. The molecule has 21 heteroatoms. The maximum atomic E-state index is 12.8. The molecule has 2 saturated heterocycles. The Morgan fingerprint density at radius 1 is 1.07 bits per heavy atom. The lowest BCUT2D eigenvalue weighted by Gasteiger charge is -2.22. The summed E-state index contributed by atoms with van der Waals surface area (Å²) in [6.07, 6.45) is -5.08. The fraction of sp³-hybridized carbons (Fsp3) is 0.579. The van der Waals surface area contributed by atoms with Crippen molar-refractivity contribution < 1.29 is 52.0 Å². The number of aliphatic hydroxyl groups is 1. The first-order valence-corrected chi connectivity index (χ1v) is 14.7. The third kappa shape index (κ3) is 7.39. The number of aliphatic hydroxyl groups excluding tert-OH is 1. The molecule has 0 amide bonds. The minimum Gasteiger partial charge on any atom is -0.390 e. The number of rotatable bonds is 10. The van der Waals surface area contributed by atoms with E-state index in [1.165, 1.54) is 25.4 Å². The van der Waals surface area contributed by atoms with E-state index in [-0.39, 0.29) is 24.2 Å². The lowest BCUT2D eigenvalue weighted by Crippen LogP contribution is -2.33. The second kappa shape index (κ2) is 11.8. The van der Waals surface area contributed by atoms with E-state index in [2.05, 4.69) is 14.5 Å². The van der Waals surface area contributed by atoms with Gasteiger partial charge in [0.25, 0.3) is 5.56 Å². The number of hydrogen-bond acceptors (Lipinski definition) is 13. The van der Waals surface area contributed by atoms with Crippen LogP contribution in [0, 0.1) is 6.92 Å². The van der Waals surface area contributed by atoms with Crippen molar-refractivity contribution in [1.82, 2.24) is 19.1 Å². The Balaban J connectivity index is 1.42. The van der Waals surface area contributed by atoms with Gasteiger partial charge in [-0.15, -0.1) is 0 Å². The topological polar surface area (TPSA) is 277 Å². The highest BCUT2D eigenvalue weighted by Gasteiger charge is 2.44. The summed E-state index contributed by atoms with van der Waals surface area (Å²) in [4.78, 5) is 70.0. The number of phosphoric ester groups is 2. The summed E-state index contributed by atoms with van der Waals surface area (Å²) in [6, 6.07) is 1.29. The van der Waals surface area contributed by atoms with Crippen LogP contribution in [0.2, 0.25) is 0 Å². The second-order valence-electron chi connectivity index (χ2n) is 9.01. The third-order valence-electron chi connectivity index (χ3n) is 6.08. The number of nitrogens with zero attached hydrogens (tertiary/aromatic N) is 3. The van der Waals surface area contributed by atoms with Gasteiger partial charge in [0.2, 0.25) is 0 Å². The zero-order chi connectivity index (χ0) is 29.4. The lowest BCUT2D eigenvalue weighted by molar-refractivity contribution is -0.0570. The molecule has 0 spiro atoms. The van der Waals surface area contributed by atoms with Gasteiger partial charge >= 0.3 is 27.0 Å². The van der Waals surface area contributed by atoms with Crippen molar-refractivity contribution in [1.29, 1.82) is 0 Å². The summed E-state index contributed by atoms with van der Waals surface area (Å²) in [7, 11) is -9.90. The second-order valence-corrected chi connectivity index (χ2v) is 11.7. The molecule has 222 valence electrons. The zero-order valence-corrected chi connectivity index (χ0v) is 22.5. The van der Waals surface area contributed by atoms with Gasteiger partial charge in [0.15, 0.2) is 0 Å². The Kier molecular flexibility index (Phi) is 8.94. The molecule has 7 atom stereocenters. The Hall–Kier alpha value is -2.54. The van der Waals surface area contributed by atoms with Crippen LogP contribution in [-0.2, 0) is 32.2 Å². The van der Waals surface area contributed by atoms with Gasteiger partial charge in [-0.25, -0.2) is 18.7 Å². The number of nitrogen functional groups attached to an aromatic ring is 1. The number of nitrogens with one attached hydrogen (secondary N) is 1. The van der Waals surface area contributed by atoms with Crippen LogP contribution in [0.5, 0.6) is 0 Å². The lowest BCUT2D eigenvalue weighted by atomic mass is 10.2. The first kappa shape index (κ1) is 30.4. The van der Waals surface area contributed by atoms with E-state index < -0.39 is 82.7 Å². The molecule has 0 bridgehead atoms. The summed E-state index contributed by atoms with van der Waals surface area (Å²) in [6.45, 7) is 0.0301. The first-order valence-electron chi connectivity index (χ1n) is 11.6. The van der Waals surface area contributed by atoms with E-state index in [1.54, 1.807) is 0 Å². The molecule has 40 heavy (non-hydrogen) atoms. The predicted molar refractivity (Wildman–Crippen MR) is 131 cm³/mol. The number of H-pyrrole nitrogens is 1. The summed E-state index contributed by atoms with van der Waals surface area (Å²) in [5.74, 6) is -0.0687. The highest BCUT2D eigenvalue weighted by atomic mass is 31.2. The molecule has 2 aliphatic rings. The molecular weight excluding hydrogens is 584 g/mol. The van der Waals surface area contributed by atoms with Crippen molar-refractivity contribution in [2.75, 3.05) is 18.9 Å². The number of phosphoric acid groups is 2. The van der Waals surface area contributed by atoms with Crippen molar-refractivity contribution >= 4 is 21.5 Å². The first-order chi connectivity index (χ1) is 18.6. The number of aryl methyl sites for hydroxylation is 1. The van der Waals surface area contributed by atoms with Gasteiger partial charge in [-0.2, -0.15) is 4.98 Å². The normalized spacial score (nSPS) is 28.5. The van der Waals surface area contributed by atoms with E-state index >= 15 is 0 Å². The number of aromatic amines is 1. The summed E-state index contributed by atoms with van der Waals surface area (Å²) < 4.78 is 51.8. The van der Waals surface area contributed by atoms with Crippen LogP contribution in [0.1, 0.15) is 30.9 Å². The fourth-order valence-corrected chi connectivity index (χ4v) is 5.45. The molecule has 7 unspecified atom stereocenters. The van der Waals surface area contributed by atoms with Crippen LogP contribution in [0.15, 0.2) is 32.8 Å². The maximum absolute atomic E-state index is 12.8. The van der Waals surface area contributed by atoms with E-state index in [1.807, 2.05) is 0 Å². The van der Waals surface area contributed by atoms with Crippen LogP contribution >= 0.6 is 15.6 Å². The van der Waals surface area contributed by atoms with Crippen LogP contribution in [0.25, 0.3) is 0 Å². The zero-order valence-electron chi connectivity index (χ0n) is 20.7. The number of hydrogen-bond donors (Lipinski definition) is 6. The fourth-order valence-electron chi connectivity index (χ4n) is 4.15. The smallest absolute Gasteiger partial charge is 0.390 e. The minimum absolute atomic E-state index is 0.0687. The highest BCUT2D eigenvalue weighted by molar-refractivity contribution is 7.47. The van der Waals surface area contributed by atoms with Gasteiger partial charge in [-0.05, 0) is 13.0 Å². The number of aromatic nitrogens is 4. The molecule has 0 aromatic carbocycles. The van der Waals surface area contributed by atoms with Crippen molar-refractivity contribution in [2.45, 2.75) is 56.6 Å². The predicted octanol–water partition coefficient (Wildman–Crippen LogP) is -1.77. The van der Waals surface area contributed by atoms with Crippen LogP contribution in [0.4, 0.5) is 5.82 Å². The average molecular weight is 611 g/mol. The Morgan fingerprint density at radius 2 is 1.73 bits per heavy atom. The molecule has 0 saturated carbocycles. The molecule has 4 heterocycles. The number of nitrogens with two attached hydrogens (primary N) is 1. The SMILES string of the molecule is Cc1cn(C2CC(O)C(COP(=O)(O)OC3CC(n4ccc(N)nc4=O)OC3COP(=O)(O)O)O2)c(=O)[nH]c1=O. The van der Waals surface area contributed by atoms with E-state index in [0.717, 1.165) is 9.13 Å². The van der Waals surface area contributed by atoms with E-state index in [9.17, 15) is 33.5 Å². The largest absolute Gasteiger partial charge is 0.472 e. The van der Waals surface area contributed by atoms with Crippen molar-refractivity contribution in [3.8, 4) is 0 Å². The minimum atomic E-state index is -4.96. The Bertz CT molecular complexity index is 1500. The third-order valence-corrected chi connectivity index (χ3v) is 7.58. The number of ether oxygens (including phenoxy) is 2. The van der Waals surface area contributed by atoms with Crippen LogP contribution in [0.3, 0.4) is 0 Å². The molecule has 2 fully saturated rings. The molecular formula is C19H27N5O14P2. The van der Waals surface area contributed by atoms with Crippen molar-refractivity contribution in [3.05, 3.63) is 55.3 Å². The van der Waals surface area contributed by atoms with E-state index in [0.29, 0.717) is 0 Å².